The van der Waals surface area contributed by atoms with E-state index in [2.05, 4.69) is 41.4 Å². The molecule has 2 aromatic rings. The Balaban J connectivity index is 2.51. The van der Waals surface area contributed by atoms with Crippen molar-refractivity contribution in [2.45, 2.75) is 31.1 Å². The molecule has 0 unspecified atom stereocenters. The molecule has 2 N–H and O–H groups in total. The number of nitrogens with zero attached hydrogens (tertiary/aromatic N) is 1. The van der Waals surface area contributed by atoms with Gasteiger partial charge in [0.2, 0.25) is 1.43 Å². The third-order valence-corrected chi connectivity index (χ3v) is 3.78. The molecule has 0 radical (unpaired) electrons. The highest BCUT2D eigenvalue weighted by Crippen LogP contribution is 2.38. The van der Waals surface area contributed by atoms with E-state index in [0.29, 0.717) is 0 Å². The molecule has 0 amide bonds. The van der Waals surface area contributed by atoms with Crippen molar-refractivity contribution in [1.82, 2.24) is 9.97 Å². The molecule has 16 heavy (non-hydrogen) atoms. The Kier molecular flexibility index (Phi) is 2.83. The lowest BCUT2D eigenvalue weighted by Gasteiger charge is -2.22. The van der Waals surface area contributed by atoms with E-state index in [4.69, 9.17) is 1.43 Å². The number of H-pyrrole nitrogens is 1. The monoisotopic (exact) mass is 256 g/mol. The maximum atomic E-state index is 6.73. The number of hydrogen-bond donors (Lipinski definition) is 2. The average Bonchev–Trinajstić information content (AvgIpc) is 2.70. The van der Waals surface area contributed by atoms with Crippen LogP contribution in [0.2, 0.25) is 0 Å². The highest BCUT2D eigenvalue weighted by atomic mass is 33.1. The number of rotatable bonds is 3. The minimum atomic E-state index is 0.0459. The zero-order valence-corrected chi connectivity index (χ0v) is 11.0. The van der Waals surface area contributed by atoms with Gasteiger partial charge in [-0.15, -0.1) is 0 Å². The lowest BCUT2D eigenvalue weighted by molar-refractivity contribution is 0.579. The fourth-order valence-electron chi connectivity index (χ4n) is 1.65. The Morgan fingerprint density at radius 2 is 2.25 bits per heavy atom. The van der Waals surface area contributed by atoms with Gasteiger partial charge in [-0.1, -0.05) is 20.8 Å². The Hall–Kier alpha value is -0.650. The largest absolute Gasteiger partial charge is 0.345 e. The molecule has 1 aromatic carbocycles. The Labute approximate surface area is 104 Å². The van der Waals surface area contributed by atoms with E-state index in [9.17, 15) is 0 Å². The average molecular weight is 256 g/mol. The number of hydrogen-bond acceptors (Lipinski definition) is 4. The summed E-state index contributed by atoms with van der Waals surface area (Å²) in [6, 6.07) is 4.15. The van der Waals surface area contributed by atoms with E-state index in [1.165, 1.54) is 16.4 Å². The van der Waals surface area contributed by atoms with Crippen LogP contribution in [0.25, 0.3) is 12.5 Å². The Morgan fingerprint density at radius 3 is 2.94 bits per heavy atom. The molecule has 0 atom stereocenters. The van der Waals surface area contributed by atoms with Crippen LogP contribution in [0.5, 0.6) is 0 Å². The van der Waals surface area contributed by atoms with Gasteiger partial charge in [-0.05, 0) is 33.9 Å². The number of imidazole rings is 1. The summed E-state index contributed by atoms with van der Waals surface area (Å²) < 4.78 is 11.0. The smallest absolute Gasteiger partial charge is 0.229 e. The summed E-state index contributed by atoms with van der Waals surface area (Å²) in [4.78, 5) is 8.46. The van der Waals surface area contributed by atoms with Gasteiger partial charge in [0.25, 0.3) is 0 Å². The molecular weight excluding hydrogens is 240 g/mol. The fourth-order valence-corrected chi connectivity index (χ4v) is 2.98. The van der Waals surface area contributed by atoms with Gasteiger partial charge in [0, 0.05) is 4.90 Å². The van der Waals surface area contributed by atoms with E-state index < -0.39 is 0 Å². The second-order valence-electron chi connectivity index (χ2n) is 4.67. The van der Waals surface area contributed by atoms with Crippen LogP contribution in [-0.4, -0.2) is 14.5 Å². The molecule has 5 heteroatoms. The standard InChI is InChI=1S/C11H14N2OS2/c1-11(2,3)7-4-8-9(13-6-12-8)5-10(7)15-16-14/h4-6,14H,1-3H3,(H,12,13)/i/hT. The van der Waals surface area contributed by atoms with Crippen LogP contribution in [0.3, 0.4) is 0 Å². The molecule has 0 aliphatic rings. The first-order chi connectivity index (χ1) is 8.02. The first kappa shape index (κ1) is 10.5. The predicted octanol–water partition coefficient (Wildman–Crippen LogP) is 4.07. The number of benzene rings is 1. The van der Waals surface area contributed by atoms with E-state index in [1.807, 2.05) is 6.07 Å². The molecule has 0 bridgehead atoms. The molecule has 3 nitrogen and oxygen atoms in total. The van der Waals surface area contributed by atoms with Gasteiger partial charge in [0.15, 0.2) is 0 Å². The summed E-state index contributed by atoms with van der Waals surface area (Å²) >= 11 is 1.05. The van der Waals surface area contributed by atoms with Crippen LogP contribution < -0.4 is 0 Å². The second kappa shape index (κ2) is 4.31. The van der Waals surface area contributed by atoms with Gasteiger partial charge >= 0.3 is 0 Å². The van der Waals surface area contributed by atoms with Gasteiger partial charge in [0.05, 0.1) is 28.4 Å². The molecule has 0 aliphatic heterocycles. The number of aromatic nitrogens is 2. The van der Waals surface area contributed by atoms with Gasteiger partial charge in [-0.3, -0.25) is 0 Å². The first-order valence-electron chi connectivity index (χ1n) is 5.37. The summed E-state index contributed by atoms with van der Waals surface area (Å²) in [6.45, 7) is 6.50. The molecule has 1 heterocycles. The SMILES string of the molecule is [3H]OSSc1cc2nc[nH]c2cc1C(C)(C)C. The summed E-state index contributed by atoms with van der Waals surface area (Å²) in [7, 11) is 1.45. The van der Waals surface area contributed by atoms with Crippen LogP contribution in [0, 0.1) is 0 Å². The van der Waals surface area contributed by atoms with Crippen molar-refractivity contribution in [2.75, 3.05) is 0 Å². The minimum absolute atomic E-state index is 0.0459. The van der Waals surface area contributed by atoms with Crippen LogP contribution >= 0.6 is 21.9 Å². The lowest BCUT2D eigenvalue weighted by atomic mass is 9.87. The molecular formula is C11H14N2OS2. The zero-order chi connectivity index (χ0) is 12.5. The molecule has 1 aromatic heterocycles. The Bertz CT molecular complexity index is 522. The number of nitrogens with one attached hydrogen (secondary N) is 1. The number of fused-ring (bicyclic) bond motifs is 1. The maximum Gasteiger partial charge on any atom is 0.229 e. The summed E-state index contributed by atoms with van der Waals surface area (Å²) in [5.74, 6) is 0. The summed E-state index contributed by atoms with van der Waals surface area (Å²) in [5.41, 5.74) is 3.25. The molecule has 0 saturated heterocycles. The van der Waals surface area contributed by atoms with Gasteiger partial charge < -0.3 is 9.54 Å². The normalized spacial score (nSPS) is 13.1. The molecule has 0 aliphatic carbocycles. The van der Waals surface area contributed by atoms with Crippen LogP contribution in [0.1, 0.15) is 26.3 Å². The third kappa shape index (κ3) is 2.21. The third-order valence-electron chi connectivity index (χ3n) is 2.45. The fraction of sp³-hybridized carbons (Fsp3) is 0.364. The van der Waals surface area contributed by atoms with Crippen LogP contribution in [0.4, 0.5) is 0 Å². The van der Waals surface area contributed by atoms with Crippen LogP contribution in [-0.2, 0) is 5.41 Å². The van der Waals surface area contributed by atoms with Crippen LogP contribution in [0.15, 0.2) is 23.4 Å². The molecule has 0 spiro atoms. The molecule has 86 valence electrons. The van der Waals surface area contributed by atoms with Gasteiger partial charge in [0.1, 0.15) is 0 Å². The van der Waals surface area contributed by atoms with Crippen molar-refractivity contribution in [3.63, 3.8) is 0 Å². The minimum Gasteiger partial charge on any atom is -0.345 e. The lowest BCUT2D eigenvalue weighted by Crippen LogP contribution is -2.12. The first-order valence-corrected chi connectivity index (χ1v) is 7.04. The van der Waals surface area contributed by atoms with Crippen molar-refractivity contribution in [3.05, 3.63) is 24.0 Å². The van der Waals surface area contributed by atoms with E-state index in [1.54, 1.807) is 6.33 Å². The predicted molar refractivity (Wildman–Crippen MR) is 70.9 cm³/mol. The molecule has 0 saturated carbocycles. The Morgan fingerprint density at radius 1 is 1.44 bits per heavy atom. The second-order valence-corrected chi connectivity index (χ2v) is 6.32. The van der Waals surface area contributed by atoms with E-state index in [-0.39, 0.29) is 5.41 Å². The van der Waals surface area contributed by atoms with Crippen molar-refractivity contribution < 1.29 is 4.56 Å². The van der Waals surface area contributed by atoms with Crippen molar-refractivity contribution in [1.29, 1.82) is 1.43 Å². The quantitative estimate of drug-likeness (QED) is 0.642. The topological polar surface area (TPSA) is 48.9 Å². The van der Waals surface area contributed by atoms with Crippen molar-refractivity contribution >= 4 is 32.9 Å². The number of aromatic amines is 1. The molecule has 0 fully saturated rings. The van der Waals surface area contributed by atoms with E-state index >= 15 is 0 Å². The van der Waals surface area contributed by atoms with Crippen molar-refractivity contribution in [2.24, 2.45) is 0 Å². The molecule has 2 rings (SSSR count). The van der Waals surface area contributed by atoms with Crippen molar-refractivity contribution in [3.8, 4) is 0 Å². The maximum absolute atomic E-state index is 6.73. The summed E-state index contributed by atoms with van der Waals surface area (Å²) in [6.07, 6.45) is 1.69. The highest BCUT2D eigenvalue weighted by Gasteiger charge is 2.19. The summed E-state index contributed by atoms with van der Waals surface area (Å²) in [5, 5.41) is 0. The van der Waals surface area contributed by atoms with Gasteiger partial charge in [-0.2, -0.15) is 0 Å². The van der Waals surface area contributed by atoms with Gasteiger partial charge in [-0.25, -0.2) is 4.98 Å². The van der Waals surface area contributed by atoms with E-state index in [0.717, 1.165) is 27.0 Å². The zero-order valence-electron chi connectivity index (χ0n) is 10.4. The highest BCUT2D eigenvalue weighted by molar-refractivity contribution is 8.74.